The Hall–Kier alpha value is -0.210. The van der Waals surface area contributed by atoms with Gasteiger partial charge in [-0.2, -0.15) is 17.4 Å². The number of nitrogens with one attached hydrogen (secondary N) is 1. The molecule has 0 aromatic rings. The molecule has 1 aliphatic heterocycles. The molecule has 1 aliphatic rings. The smallest absolute Gasteiger partial charge is 0.279 e. The summed E-state index contributed by atoms with van der Waals surface area (Å²) in [5.74, 6) is 0.723. The van der Waals surface area contributed by atoms with Crippen molar-refractivity contribution in [3.63, 3.8) is 0 Å². The van der Waals surface area contributed by atoms with Crippen molar-refractivity contribution in [2.75, 3.05) is 33.4 Å². The summed E-state index contributed by atoms with van der Waals surface area (Å²) in [4.78, 5) is 0. The SMILES string of the molecule is COCC(CO)NS(=O)(=O)N1CC(C)CC(C)C1. The zero-order chi connectivity index (χ0) is 13.8. The largest absolute Gasteiger partial charge is 0.395 e. The topological polar surface area (TPSA) is 78.9 Å². The molecule has 7 heteroatoms. The molecule has 0 aromatic carbocycles. The molecule has 0 radical (unpaired) electrons. The molecule has 18 heavy (non-hydrogen) atoms. The summed E-state index contributed by atoms with van der Waals surface area (Å²) in [6.07, 6.45) is 1.05. The summed E-state index contributed by atoms with van der Waals surface area (Å²) >= 11 is 0. The minimum Gasteiger partial charge on any atom is -0.395 e. The fraction of sp³-hybridized carbons (Fsp3) is 1.00. The molecule has 0 aromatic heterocycles. The molecule has 1 heterocycles. The van der Waals surface area contributed by atoms with Gasteiger partial charge >= 0.3 is 0 Å². The first-order valence-electron chi connectivity index (χ1n) is 6.26. The van der Waals surface area contributed by atoms with Gasteiger partial charge in [0, 0.05) is 20.2 Å². The van der Waals surface area contributed by atoms with Gasteiger partial charge < -0.3 is 9.84 Å². The van der Waals surface area contributed by atoms with E-state index in [2.05, 4.69) is 18.6 Å². The highest BCUT2D eigenvalue weighted by Crippen LogP contribution is 2.22. The van der Waals surface area contributed by atoms with Crippen LogP contribution < -0.4 is 4.72 Å². The van der Waals surface area contributed by atoms with Crippen molar-refractivity contribution in [2.24, 2.45) is 11.8 Å². The highest BCUT2D eigenvalue weighted by molar-refractivity contribution is 7.87. The van der Waals surface area contributed by atoms with Crippen LogP contribution in [0.4, 0.5) is 0 Å². The standard InChI is InChI=1S/C11H24N2O4S/c1-9-4-10(2)6-13(5-9)18(15,16)12-11(7-14)8-17-3/h9-12,14H,4-8H2,1-3H3. The minimum absolute atomic E-state index is 0.161. The summed E-state index contributed by atoms with van der Waals surface area (Å²) in [5.41, 5.74) is 0. The van der Waals surface area contributed by atoms with Gasteiger partial charge in [0.1, 0.15) is 0 Å². The van der Waals surface area contributed by atoms with Crippen LogP contribution in [0.15, 0.2) is 0 Å². The van der Waals surface area contributed by atoms with Crippen LogP contribution in [0.5, 0.6) is 0 Å². The first kappa shape index (κ1) is 15.8. The van der Waals surface area contributed by atoms with Crippen molar-refractivity contribution in [1.29, 1.82) is 0 Å². The van der Waals surface area contributed by atoms with E-state index < -0.39 is 16.3 Å². The monoisotopic (exact) mass is 280 g/mol. The van der Waals surface area contributed by atoms with Crippen LogP contribution in [0.3, 0.4) is 0 Å². The molecule has 2 N–H and O–H groups in total. The van der Waals surface area contributed by atoms with Crippen LogP contribution in [0, 0.1) is 11.8 Å². The molecule has 0 aliphatic carbocycles. The van der Waals surface area contributed by atoms with E-state index in [0.29, 0.717) is 24.9 Å². The quantitative estimate of drug-likeness (QED) is 0.706. The number of aliphatic hydroxyl groups excluding tert-OH is 1. The zero-order valence-corrected chi connectivity index (χ0v) is 12.1. The molecule has 108 valence electrons. The maximum absolute atomic E-state index is 12.2. The Labute approximate surface area is 109 Å². The van der Waals surface area contributed by atoms with E-state index in [1.807, 2.05) is 0 Å². The van der Waals surface area contributed by atoms with E-state index >= 15 is 0 Å². The zero-order valence-electron chi connectivity index (χ0n) is 11.3. The van der Waals surface area contributed by atoms with Crippen LogP contribution in [-0.2, 0) is 14.9 Å². The van der Waals surface area contributed by atoms with Gasteiger partial charge in [0.15, 0.2) is 0 Å². The van der Waals surface area contributed by atoms with Crippen LogP contribution in [0.25, 0.3) is 0 Å². The van der Waals surface area contributed by atoms with Crippen LogP contribution in [-0.4, -0.2) is 57.3 Å². The van der Waals surface area contributed by atoms with Crippen molar-refractivity contribution in [3.8, 4) is 0 Å². The highest BCUT2D eigenvalue weighted by atomic mass is 32.2. The molecule has 1 saturated heterocycles. The molecule has 0 saturated carbocycles. The Bertz CT molecular complexity index is 337. The number of aliphatic hydroxyl groups is 1. The van der Waals surface area contributed by atoms with Gasteiger partial charge in [-0.15, -0.1) is 0 Å². The molecule has 1 rings (SSSR count). The van der Waals surface area contributed by atoms with E-state index in [4.69, 9.17) is 9.84 Å². The number of methoxy groups -OCH3 is 1. The molecule has 3 unspecified atom stereocenters. The third-order valence-corrected chi connectivity index (χ3v) is 4.69. The maximum Gasteiger partial charge on any atom is 0.279 e. The normalized spacial score (nSPS) is 28.2. The average Bonchev–Trinajstić information content (AvgIpc) is 2.27. The molecular formula is C11H24N2O4S. The number of rotatable bonds is 6. The Morgan fingerprint density at radius 3 is 2.39 bits per heavy atom. The van der Waals surface area contributed by atoms with E-state index in [-0.39, 0.29) is 13.2 Å². The first-order chi connectivity index (χ1) is 8.39. The number of piperidine rings is 1. The third-order valence-electron chi connectivity index (χ3n) is 3.08. The van der Waals surface area contributed by atoms with E-state index in [1.54, 1.807) is 0 Å². The van der Waals surface area contributed by atoms with Crippen LogP contribution in [0.1, 0.15) is 20.3 Å². The fourth-order valence-corrected chi connectivity index (χ4v) is 4.03. The van der Waals surface area contributed by atoms with Gasteiger partial charge in [0.2, 0.25) is 0 Å². The Balaban J connectivity index is 2.67. The number of hydrogen-bond donors (Lipinski definition) is 2. The maximum atomic E-state index is 12.2. The molecule has 1 fully saturated rings. The van der Waals surface area contributed by atoms with Crippen molar-refractivity contribution in [1.82, 2.24) is 9.03 Å². The minimum atomic E-state index is -3.54. The average molecular weight is 280 g/mol. The summed E-state index contributed by atoms with van der Waals surface area (Å²) in [7, 11) is -2.07. The summed E-state index contributed by atoms with van der Waals surface area (Å²) in [6.45, 7) is 5.06. The predicted octanol–water partition coefficient (Wildman–Crippen LogP) is -0.194. The molecule has 0 bridgehead atoms. The molecule has 0 spiro atoms. The lowest BCUT2D eigenvalue weighted by Gasteiger charge is -2.34. The van der Waals surface area contributed by atoms with Gasteiger partial charge in [-0.1, -0.05) is 13.8 Å². The summed E-state index contributed by atoms with van der Waals surface area (Å²) < 4.78 is 33.1. The van der Waals surface area contributed by atoms with Gasteiger partial charge in [-0.3, -0.25) is 0 Å². The van der Waals surface area contributed by atoms with E-state index in [1.165, 1.54) is 11.4 Å². The second-order valence-corrected chi connectivity index (χ2v) is 6.92. The molecule has 0 amide bonds. The van der Waals surface area contributed by atoms with E-state index in [9.17, 15) is 8.42 Å². The second-order valence-electron chi connectivity index (χ2n) is 5.22. The van der Waals surface area contributed by atoms with Crippen LogP contribution >= 0.6 is 0 Å². The van der Waals surface area contributed by atoms with E-state index in [0.717, 1.165) is 6.42 Å². The Morgan fingerprint density at radius 2 is 1.94 bits per heavy atom. The highest BCUT2D eigenvalue weighted by Gasteiger charge is 2.31. The lowest BCUT2D eigenvalue weighted by Crippen LogP contribution is -2.52. The number of hydrogen-bond acceptors (Lipinski definition) is 4. The lowest BCUT2D eigenvalue weighted by atomic mass is 9.94. The Kier molecular flexibility index (Phi) is 6.00. The first-order valence-corrected chi connectivity index (χ1v) is 7.70. The number of ether oxygens (including phenoxy) is 1. The second kappa shape index (κ2) is 6.81. The third kappa shape index (κ3) is 4.47. The van der Waals surface area contributed by atoms with Gasteiger partial charge in [0.25, 0.3) is 10.2 Å². The summed E-state index contributed by atoms with van der Waals surface area (Å²) in [6, 6.07) is -0.590. The molecule has 3 atom stereocenters. The Morgan fingerprint density at radius 1 is 1.39 bits per heavy atom. The van der Waals surface area contributed by atoms with Gasteiger partial charge in [-0.05, 0) is 18.3 Å². The number of nitrogens with zero attached hydrogens (tertiary/aromatic N) is 1. The van der Waals surface area contributed by atoms with Crippen molar-refractivity contribution in [3.05, 3.63) is 0 Å². The van der Waals surface area contributed by atoms with Crippen molar-refractivity contribution in [2.45, 2.75) is 26.3 Å². The van der Waals surface area contributed by atoms with Crippen molar-refractivity contribution < 1.29 is 18.3 Å². The van der Waals surface area contributed by atoms with Crippen molar-refractivity contribution >= 4 is 10.2 Å². The fourth-order valence-electron chi connectivity index (χ4n) is 2.41. The van der Waals surface area contributed by atoms with Gasteiger partial charge in [-0.25, -0.2) is 0 Å². The predicted molar refractivity (Wildman–Crippen MR) is 69.3 cm³/mol. The molecule has 6 nitrogen and oxygen atoms in total. The summed E-state index contributed by atoms with van der Waals surface area (Å²) in [5, 5.41) is 9.10. The lowest BCUT2D eigenvalue weighted by molar-refractivity contribution is 0.136. The molecular weight excluding hydrogens is 256 g/mol. The van der Waals surface area contributed by atoms with Crippen LogP contribution in [0.2, 0.25) is 0 Å². The van der Waals surface area contributed by atoms with Gasteiger partial charge in [0.05, 0.1) is 19.3 Å².